The number of fused-ring (bicyclic) bond motifs is 1. The van der Waals surface area contributed by atoms with Crippen molar-refractivity contribution >= 4 is 0 Å². The molecule has 3 unspecified atom stereocenters. The molecule has 16 heavy (non-hydrogen) atoms. The Morgan fingerprint density at radius 3 is 3.19 bits per heavy atom. The van der Waals surface area contributed by atoms with Crippen LogP contribution in [0.5, 0.6) is 0 Å². The smallest absolute Gasteiger partial charge is 0.0868 e. The maximum atomic E-state index is 5.96. The van der Waals surface area contributed by atoms with Crippen LogP contribution >= 0.6 is 0 Å². The molecule has 0 aliphatic carbocycles. The van der Waals surface area contributed by atoms with Gasteiger partial charge in [0.1, 0.15) is 0 Å². The highest BCUT2D eigenvalue weighted by atomic mass is 16.5. The van der Waals surface area contributed by atoms with Gasteiger partial charge in [0, 0.05) is 18.6 Å². The van der Waals surface area contributed by atoms with Crippen molar-refractivity contribution in [1.82, 2.24) is 10.3 Å². The third-order valence-electron chi connectivity index (χ3n) is 3.95. The van der Waals surface area contributed by atoms with Crippen LogP contribution in [0.25, 0.3) is 0 Å². The Morgan fingerprint density at radius 2 is 2.44 bits per heavy atom. The number of nitrogens with zero attached hydrogens (tertiary/aromatic N) is 1. The van der Waals surface area contributed by atoms with Gasteiger partial charge in [-0.05, 0) is 25.8 Å². The summed E-state index contributed by atoms with van der Waals surface area (Å²) in [7, 11) is 0. The summed E-state index contributed by atoms with van der Waals surface area (Å²) in [5.74, 6) is 5.63. The lowest BCUT2D eigenvalue weighted by Crippen LogP contribution is -2.55. The third-order valence-corrected chi connectivity index (χ3v) is 3.95. The Morgan fingerprint density at radius 1 is 1.56 bits per heavy atom. The van der Waals surface area contributed by atoms with Crippen LogP contribution in [0.4, 0.5) is 0 Å². The Kier molecular flexibility index (Phi) is 4.58. The Bertz CT molecular complexity index is 212. The Hall–Kier alpha value is -0.160. The quantitative estimate of drug-likeness (QED) is 0.540. The van der Waals surface area contributed by atoms with Gasteiger partial charge in [-0.2, -0.15) is 0 Å². The highest BCUT2D eigenvalue weighted by molar-refractivity contribution is 4.89. The van der Waals surface area contributed by atoms with E-state index in [0.29, 0.717) is 12.1 Å². The van der Waals surface area contributed by atoms with Crippen LogP contribution in [-0.4, -0.2) is 42.8 Å². The van der Waals surface area contributed by atoms with Crippen LogP contribution in [0.1, 0.15) is 39.0 Å². The van der Waals surface area contributed by atoms with Crippen molar-refractivity contribution in [2.24, 2.45) is 5.84 Å². The van der Waals surface area contributed by atoms with Crippen LogP contribution in [0.2, 0.25) is 0 Å². The second kappa shape index (κ2) is 5.96. The average molecular weight is 227 g/mol. The molecule has 0 amide bonds. The molecule has 0 saturated carbocycles. The van der Waals surface area contributed by atoms with Crippen molar-refractivity contribution in [1.29, 1.82) is 0 Å². The second-order valence-electron chi connectivity index (χ2n) is 5.08. The molecule has 4 nitrogen and oxygen atoms in total. The summed E-state index contributed by atoms with van der Waals surface area (Å²) in [6, 6.07) is 1.00. The van der Waals surface area contributed by atoms with E-state index in [4.69, 9.17) is 10.6 Å². The van der Waals surface area contributed by atoms with E-state index >= 15 is 0 Å². The van der Waals surface area contributed by atoms with E-state index in [1.54, 1.807) is 0 Å². The molecule has 2 rings (SSSR count). The minimum absolute atomic E-state index is 0.283. The van der Waals surface area contributed by atoms with E-state index in [-0.39, 0.29) is 6.10 Å². The summed E-state index contributed by atoms with van der Waals surface area (Å²) in [5.41, 5.74) is 2.93. The van der Waals surface area contributed by atoms with Gasteiger partial charge in [-0.1, -0.05) is 19.8 Å². The van der Waals surface area contributed by atoms with Gasteiger partial charge in [0.15, 0.2) is 0 Å². The first-order chi connectivity index (χ1) is 7.85. The number of hydrogen-bond donors (Lipinski definition) is 2. The van der Waals surface area contributed by atoms with Gasteiger partial charge < -0.3 is 4.74 Å². The number of hydrazine groups is 1. The fourth-order valence-corrected chi connectivity index (χ4v) is 2.89. The molecule has 0 bridgehead atoms. The van der Waals surface area contributed by atoms with Crippen molar-refractivity contribution in [2.45, 2.75) is 57.2 Å². The molecule has 94 valence electrons. The van der Waals surface area contributed by atoms with Gasteiger partial charge >= 0.3 is 0 Å². The predicted molar refractivity (Wildman–Crippen MR) is 65.0 cm³/mol. The van der Waals surface area contributed by atoms with Crippen LogP contribution in [0.3, 0.4) is 0 Å². The highest BCUT2D eigenvalue weighted by Gasteiger charge is 2.35. The lowest BCUT2D eigenvalue weighted by molar-refractivity contribution is -0.0658. The second-order valence-corrected chi connectivity index (χ2v) is 5.08. The minimum atomic E-state index is 0.283. The lowest BCUT2D eigenvalue weighted by Gasteiger charge is -2.38. The van der Waals surface area contributed by atoms with Gasteiger partial charge in [0.2, 0.25) is 0 Å². The standard InChI is InChI=1S/C12H25N3O/c1-2-3-6-11(14-13)12-8-15-7-4-5-10(15)9-16-12/h10-12,14H,2-9,13H2,1H3. The number of nitrogens with two attached hydrogens (primary N) is 1. The summed E-state index contributed by atoms with van der Waals surface area (Å²) < 4.78 is 5.96. The van der Waals surface area contributed by atoms with Gasteiger partial charge in [-0.25, -0.2) is 0 Å². The monoisotopic (exact) mass is 227 g/mol. The molecular weight excluding hydrogens is 202 g/mol. The van der Waals surface area contributed by atoms with Crippen molar-refractivity contribution in [2.75, 3.05) is 19.7 Å². The minimum Gasteiger partial charge on any atom is -0.374 e. The molecule has 0 aromatic carbocycles. The molecule has 0 aromatic rings. The normalized spacial score (nSPS) is 32.6. The molecule has 2 fully saturated rings. The summed E-state index contributed by atoms with van der Waals surface area (Å²) in [6.45, 7) is 5.42. The molecule has 2 heterocycles. The van der Waals surface area contributed by atoms with Gasteiger partial charge in [0.25, 0.3) is 0 Å². The number of ether oxygens (including phenoxy) is 1. The van der Waals surface area contributed by atoms with Crippen molar-refractivity contribution < 1.29 is 4.74 Å². The molecule has 3 atom stereocenters. The zero-order valence-electron chi connectivity index (χ0n) is 10.3. The van der Waals surface area contributed by atoms with E-state index in [9.17, 15) is 0 Å². The maximum absolute atomic E-state index is 5.96. The molecule has 2 aliphatic rings. The number of hydrogen-bond acceptors (Lipinski definition) is 4. The zero-order valence-corrected chi connectivity index (χ0v) is 10.3. The van der Waals surface area contributed by atoms with Gasteiger partial charge in [0.05, 0.1) is 12.7 Å². The summed E-state index contributed by atoms with van der Waals surface area (Å²) in [5, 5.41) is 0. The Labute approximate surface area is 98.5 Å². The predicted octanol–water partition coefficient (Wildman–Crippen LogP) is 0.872. The van der Waals surface area contributed by atoms with E-state index in [1.165, 1.54) is 32.2 Å². The van der Waals surface area contributed by atoms with Crippen molar-refractivity contribution in [3.8, 4) is 0 Å². The molecule has 3 N–H and O–H groups in total. The first-order valence-electron chi connectivity index (χ1n) is 6.67. The average Bonchev–Trinajstić information content (AvgIpc) is 2.77. The fraction of sp³-hybridized carbons (Fsp3) is 1.00. The topological polar surface area (TPSA) is 50.5 Å². The maximum Gasteiger partial charge on any atom is 0.0868 e. The van der Waals surface area contributed by atoms with E-state index in [1.807, 2.05) is 0 Å². The van der Waals surface area contributed by atoms with Gasteiger partial charge in [-0.15, -0.1) is 0 Å². The van der Waals surface area contributed by atoms with Crippen molar-refractivity contribution in [3.63, 3.8) is 0 Å². The highest BCUT2D eigenvalue weighted by Crippen LogP contribution is 2.24. The number of unbranched alkanes of at least 4 members (excludes halogenated alkanes) is 1. The molecule has 0 radical (unpaired) electrons. The fourth-order valence-electron chi connectivity index (χ4n) is 2.89. The van der Waals surface area contributed by atoms with E-state index < -0.39 is 0 Å². The first kappa shape index (κ1) is 12.3. The molecule has 2 aliphatic heterocycles. The van der Waals surface area contributed by atoms with E-state index in [0.717, 1.165) is 19.6 Å². The molecule has 0 aromatic heterocycles. The van der Waals surface area contributed by atoms with Gasteiger partial charge in [-0.3, -0.25) is 16.2 Å². The van der Waals surface area contributed by atoms with Crippen LogP contribution in [0.15, 0.2) is 0 Å². The number of morpholine rings is 1. The van der Waals surface area contributed by atoms with Crippen molar-refractivity contribution in [3.05, 3.63) is 0 Å². The first-order valence-corrected chi connectivity index (χ1v) is 6.67. The van der Waals surface area contributed by atoms with Crippen LogP contribution < -0.4 is 11.3 Å². The summed E-state index contributed by atoms with van der Waals surface area (Å²) >= 11 is 0. The van der Waals surface area contributed by atoms with Crippen LogP contribution in [-0.2, 0) is 4.74 Å². The summed E-state index contributed by atoms with van der Waals surface area (Å²) in [4.78, 5) is 2.57. The molecule has 0 spiro atoms. The van der Waals surface area contributed by atoms with Crippen LogP contribution in [0, 0.1) is 0 Å². The lowest BCUT2D eigenvalue weighted by atomic mass is 10.0. The zero-order chi connectivity index (χ0) is 11.4. The molecule has 2 saturated heterocycles. The summed E-state index contributed by atoms with van der Waals surface area (Å²) in [6.07, 6.45) is 6.48. The SMILES string of the molecule is CCCCC(NN)C1CN2CCCC2CO1. The molecule has 4 heteroatoms. The third kappa shape index (κ3) is 2.74. The number of rotatable bonds is 5. The Balaban J connectivity index is 1.83. The largest absolute Gasteiger partial charge is 0.374 e. The number of nitrogens with one attached hydrogen (secondary N) is 1. The van der Waals surface area contributed by atoms with E-state index in [2.05, 4.69) is 17.2 Å². The molecular formula is C12H25N3O.